The van der Waals surface area contributed by atoms with Gasteiger partial charge in [-0.25, -0.2) is 4.98 Å². The number of guanidine groups is 1. The second-order valence-corrected chi connectivity index (χ2v) is 8.92. The Morgan fingerprint density at radius 3 is 2.52 bits per heavy atom. The monoisotopic (exact) mass is 564 g/mol. The maximum absolute atomic E-state index is 6.11. The number of rotatable bonds is 8. The maximum Gasteiger partial charge on any atom is 0.191 e. The zero-order valence-electron chi connectivity index (χ0n) is 20.0. The van der Waals surface area contributed by atoms with Crippen molar-refractivity contribution in [3.05, 3.63) is 53.2 Å². The summed E-state index contributed by atoms with van der Waals surface area (Å²) in [6, 6.07) is 10.6. The molecule has 1 aliphatic carbocycles. The summed E-state index contributed by atoms with van der Waals surface area (Å²) >= 11 is 0. The molecule has 0 atom stereocenters. The SMILES string of the molecule is CN=C(NCc1ccc(C)cc1OCC1CC1)NCc1cccnc1N1CCN(C)CC1.I. The third-order valence-corrected chi connectivity index (χ3v) is 6.18. The molecular formula is C25H37IN6O. The Hall–Kier alpha value is -2.07. The quantitative estimate of drug-likeness (QED) is 0.291. The molecule has 2 N–H and O–H groups in total. The van der Waals surface area contributed by atoms with Crippen LogP contribution in [-0.4, -0.2) is 62.7 Å². The number of halogens is 1. The highest BCUT2D eigenvalue weighted by Gasteiger charge is 2.22. The lowest BCUT2D eigenvalue weighted by Crippen LogP contribution is -2.45. The Morgan fingerprint density at radius 1 is 1.09 bits per heavy atom. The minimum Gasteiger partial charge on any atom is -0.493 e. The second-order valence-electron chi connectivity index (χ2n) is 8.92. The second kappa shape index (κ2) is 12.4. The van der Waals surface area contributed by atoms with Crippen molar-refractivity contribution in [3.63, 3.8) is 0 Å². The summed E-state index contributed by atoms with van der Waals surface area (Å²) in [5.41, 5.74) is 3.55. The van der Waals surface area contributed by atoms with Gasteiger partial charge in [-0.3, -0.25) is 4.99 Å². The largest absolute Gasteiger partial charge is 0.493 e. The molecule has 33 heavy (non-hydrogen) atoms. The van der Waals surface area contributed by atoms with Gasteiger partial charge in [0.25, 0.3) is 0 Å². The van der Waals surface area contributed by atoms with Crippen molar-refractivity contribution in [1.82, 2.24) is 20.5 Å². The smallest absolute Gasteiger partial charge is 0.191 e. The minimum absolute atomic E-state index is 0. The third-order valence-electron chi connectivity index (χ3n) is 6.18. The first kappa shape index (κ1) is 25.6. The van der Waals surface area contributed by atoms with Crippen LogP contribution < -0.4 is 20.3 Å². The molecule has 2 aromatic rings. The fourth-order valence-electron chi connectivity index (χ4n) is 3.88. The number of nitrogens with zero attached hydrogens (tertiary/aromatic N) is 4. The molecule has 1 aromatic heterocycles. The van der Waals surface area contributed by atoms with E-state index >= 15 is 0 Å². The number of hydrogen-bond donors (Lipinski definition) is 2. The Morgan fingerprint density at radius 2 is 1.82 bits per heavy atom. The summed E-state index contributed by atoms with van der Waals surface area (Å²) in [6.07, 6.45) is 4.46. The molecule has 0 unspecified atom stereocenters. The van der Waals surface area contributed by atoms with E-state index in [1.165, 1.54) is 24.0 Å². The van der Waals surface area contributed by atoms with Gasteiger partial charge >= 0.3 is 0 Å². The van der Waals surface area contributed by atoms with E-state index in [0.717, 1.165) is 61.8 Å². The number of likely N-dealkylation sites (N-methyl/N-ethyl adjacent to an activating group) is 1. The highest BCUT2D eigenvalue weighted by atomic mass is 127. The number of benzene rings is 1. The predicted molar refractivity (Wildman–Crippen MR) is 146 cm³/mol. The van der Waals surface area contributed by atoms with Crippen LogP contribution in [-0.2, 0) is 13.1 Å². The lowest BCUT2D eigenvalue weighted by atomic mass is 10.1. The molecule has 8 heteroatoms. The topological polar surface area (TPSA) is 65.0 Å². The first-order valence-corrected chi connectivity index (χ1v) is 11.7. The average Bonchev–Trinajstić information content (AvgIpc) is 3.64. The fourth-order valence-corrected chi connectivity index (χ4v) is 3.88. The molecule has 180 valence electrons. The zero-order chi connectivity index (χ0) is 22.3. The van der Waals surface area contributed by atoms with Gasteiger partial charge in [0.05, 0.1) is 6.61 Å². The van der Waals surface area contributed by atoms with Crippen LogP contribution in [0.3, 0.4) is 0 Å². The molecule has 2 fully saturated rings. The van der Waals surface area contributed by atoms with Crippen LogP contribution in [0.25, 0.3) is 0 Å². The van der Waals surface area contributed by atoms with Crippen molar-refractivity contribution in [2.24, 2.45) is 10.9 Å². The van der Waals surface area contributed by atoms with Gasteiger partial charge in [-0.05, 0) is 50.4 Å². The summed E-state index contributed by atoms with van der Waals surface area (Å²) < 4.78 is 6.11. The summed E-state index contributed by atoms with van der Waals surface area (Å²) in [5, 5.41) is 6.90. The molecule has 1 aliphatic heterocycles. The number of ether oxygens (including phenoxy) is 1. The summed E-state index contributed by atoms with van der Waals surface area (Å²) in [6.45, 7) is 8.40. The number of hydrogen-bond acceptors (Lipinski definition) is 5. The lowest BCUT2D eigenvalue weighted by Gasteiger charge is -2.34. The molecule has 0 radical (unpaired) electrons. The molecule has 4 rings (SSSR count). The lowest BCUT2D eigenvalue weighted by molar-refractivity contribution is 0.296. The van der Waals surface area contributed by atoms with Crippen molar-refractivity contribution in [2.45, 2.75) is 32.9 Å². The zero-order valence-corrected chi connectivity index (χ0v) is 22.3. The van der Waals surface area contributed by atoms with Crippen molar-refractivity contribution < 1.29 is 4.74 Å². The number of pyridine rings is 1. The number of aryl methyl sites for hydroxylation is 1. The first-order valence-electron chi connectivity index (χ1n) is 11.7. The Balaban J connectivity index is 0.00000306. The van der Waals surface area contributed by atoms with E-state index in [1.807, 2.05) is 12.3 Å². The van der Waals surface area contributed by atoms with Crippen molar-refractivity contribution in [3.8, 4) is 5.75 Å². The average molecular weight is 565 g/mol. The van der Waals surface area contributed by atoms with Crippen LogP contribution in [0.15, 0.2) is 41.5 Å². The molecule has 2 aliphatic rings. The van der Waals surface area contributed by atoms with Gasteiger partial charge in [0.15, 0.2) is 5.96 Å². The molecule has 1 saturated carbocycles. The van der Waals surface area contributed by atoms with Gasteiger partial charge < -0.3 is 25.2 Å². The molecule has 1 aromatic carbocycles. The van der Waals surface area contributed by atoms with Gasteiger partial charge in [0.1, 0.15) is 11.6 Å². The van der Waals surface area contributed by atoms with Crippen LogP contribution in [0.2, 0.25) is 0 Å². The summed E-state index contributed by atoms with van der Waals surface area (Å²) in [5.74, 6) is 3.55. The van der Waals surface area contributed by atoms with Crippen LogP contribution in [0.5, 0.6) is 5.75 Å². The Labute approximate surface area is 215 Å². The minimum atomic E-state index is 0. The third kappa shape index (κ3) is 7.46. The van der Waals surface area contributed by atoms with Crippen LogP contribution in [0.1, 0.15) is 29.5 Å². The van der Waals surface area contributed by atoms with Crippen LogP contribution in [0.4, 0.5) is 5.82 Å². The molecule has 2 heterocycles. The Bertz CT molecular complexity index is 925. The van der Waals surface area contributed by atoms with Crippen molar-refractivity contribution in [2.75, 3.05) is 51.8 Å². The number of nitrogens with one attached hydrogen (secondary N) is 2. The number of aliphatic imine (C=N–C) groups is 1. The van der Waals surface area contributed by atoms with Gasteiger partial charge in [-0.15, -0.1) is 24.0 Å². The first-order chi connectivity index (χ1) is 15.6. The molecule has 0 amide bonds. The van der Waals surface area contributed by atoms with E-state index < -0.39 is 0 Å². The van der Waals surface area contributed by atoms with E-state index in [0.29, 0.717) is 13.1 Å². The van der Waals surface area contributed by atoms with Gasteiger partial charge in [0.2, 0.25) is 0 Å². The van der Waals surface area contributed by atoms with E-state index in [1.54, 1.807) is 7.05 Å². The molecular weight excluding hydrogens is 527 g/mol. The van der Waals surface area contributed by atoms with Crippen LogP contribution in [0, 0.1) is 12.8 Å². The predicted octanol–water partition coefficient (Wildman–Crippen LogP) is 3.41. The van der Waals surface area contributed by atoms with E-state index in [4.69, 9.17) is 4.74 Å². The van der Waals surface area contributed by atoms with Crippen molar-refractivity contribution in [1.29, 1.82) is 0 Å². The fraction of sp³-hybridized carbons (Fsp3) is 0.520. The summed E-state index contributed by atoms with van der Waals surface area (Å²) in [7, 11) is 3.98. The number of anilines is 1. The number of piperazine rings is 1. The molecule has 7 nitrogen and oxygen atoms in total. The van der Waals surface area contributed by atoms with Crippen LogP contribution >= 0.6 is 24.0 Å². The van der Waals surface area contributed by atoms with E-state index in [-0.39, 0.29) is 24.0 Å². The summed E-state index contributed by atoms with van der Waals surface area (Å²) in [4.78, 5) is 13.8. The Kier molecular flexibility index (Phi) is 9.61. The standard InChI is InChI=1S/C25H36N6O.HI/c1-19-6-9-21(23(15-19)32-18-20-7-8-20)16-28-25(26-2)29-17-22-5-4-10-27-24(22)31-13-11-30(3)12-14-31;/h4-6,9-10,15,20H,7-8,11-14,16-18H2,1-3H3,(H2,26,28,29);1H. The highest BCUT2D eigenvalue weighted by molar-refractivity contribution is 14.0. The van der Waals surface area contributed by atoms with Crippen molar-refractivity contribution >= 4 is 35.8 Å². The highest BCUT2D eigenvalue weighted by Crippen LogP contribution is 2.30. The van der Waals surface area contributed by atoms with Gasteiger partial charge in [0, 0.05) is 63.6 Å². The molecule has 0 spiro atoms. The van der Waals surface area contributed by atoms with Gasteiger partial charge in [-0.1, -0.05) is 18.2 Å². The molecule has 1 saturated heterocycles. The van der Waals surface area contributed by atoms with E-state index in [2.05, 4.69) is 68.6 Å². The van der Waals surface area contributed by atoms with Gasteiger partial charge in [-0.2, -0.15) is 0 Å². The van der Waals surface area contributed by atoms with E-state index in [9.17, 15) is 0 Å². The normalized spacial score (nSPS) is 16.8. The number of aromatic nitrogens is 1. The maximum atomic E-state index is 6.11. The molecule has 0 bridgehead atoms.